The minimum atomic E-state index is -1.31. The van der Waals surface area contributed by atoms with Crippen LogP contribution in [0.1, 0.15) is 25.8 Å². The fourth-order valence-electron chi connectivity index (χ4n) is 1.49. The summed E-state index contributed by atoms with van der Waals surface area (Å²) in [6.07, 6.45) is 0.273. The largest absolute Gasteiger partial charge is 0.480 e. The van der Waals surface area contributed by atoms with Gasteiger partial charge in [-0.3, -0.25) is 4.90 Å². The number of hydrogen-bond donors (Lipinski definition) is 2. The van der Waals surface area contributed by atoms with Gasteiger partial charge in [-0.1, -0.05) is 6.92 Å². The van der Waals surface area contributed by atoms with E-state index in [9.17, 15) is 9.59 Å². The third-order valence-corrected chi connectivity index (χ3v) is 3.25. The van der Waals surface area contributed by atoms with Gasteiger partial charge in [0.25, 0.3) is 0 Å². The van der Waals surface area contributed by atoms with Gasteiger partial charge in [-0.25, -0.2) is 9.59 Å². The minimum Gasteiger partial charge on any atom is -0.480 e. The van der Waals surface area contributed by atoms with E-state index in [1.807, 2.05) is 6.07 Å². The number of carbonyl (C=O) groups is 2. The zero-order valence-electron chi connectivity index (χ0n) is 11.7. The molecule has 1 aromatic carbocycles. The molecule has 1 rings (SSSR count). The molecule has 6 heteroatoms. The predicted octanol–water partition coefficient (Wildman–Crippen LogP) is 1.96. The van der Waals surface area contributed by atoms with E-state index in [0.29, 0.717) is 11.3 Å². The second-order valence-corrected chi connectivity index (χ2v) is 4.64. The molecule has 0 bridgehead atoms. The summed E-state index contributed by atoms with van der Waals surface area (Å²) in [4.78, 5) is 24.5. The SMILES string of the molecule is CCC(C)(NC(=O)N(C)c1ccc(C#N)cc1)C(=O)O. The average molecular weight is 275 g/mol. The lowest BCUT2D eigenvalue weighted by Gasteiger charge is -2.28. The molecule has 0 aromatic heterocycles. The normalized spacial score (nSPS) is 12.9. The van der Waals surface area contributed by atoms with E-state index in [-0.39, 0.29) is 6.42 Å². The molecule has 0 saturated heterocycles. The molecular weight excluding hydrogens is 258 g/mol. The van der Waals surface area contributed by atoms with Gasteiger partial charge in [0.05, 0.1) is 11.6 Å². The smallest absolute Gasteiger partial charge is 0.329 e. The summed E-state index contributed by atoms with van der Waals surface area (Å²) in [5, 5.41) is 20.3. The van der Waals surface area contributed by atoms with Crippen LogP contribution in [0.5, 0.6) is 0 Å². The van der Waals surface area contributed by atoms with Crippen molar-refractivity contribution in [3.8, 4) is 6.07 Å². The molecule has 1 unspecified atom stereocenters. The second kappa shape index (κ2) is 6.06. The number of nitrogens with zero attached hydrogens (tertiary/aromatic N) is 2. The highest BCUT2D eigenvalue weighted by Gasteiger charge is 2.33. The van der Waals surface area contributed by atoms with Crippen LogP contribution in [0.4, 0.5) is 10.5 Å². The summed E-state index contributed by atoms with van der Waals surface area (Å²) in [5.41, 5.74) is -0.241. The number of rotatable bonds is 4. The highest BCUT2D eigenvalue weighted by Crippen LogP contribution is 2.16. The summed E-state index contributed by atoms with van der Waals surface area (Å²) in [6.45, 7) is 3.15. The van der Waals surface area contributed by atoms with Crippen LogP contribution < -0.4 is 10.2 Å². The number of aliphatic carboxylic acids is 1. The van der Waals surface area contributed by atoms with Crippen LogP contribution in [-0.2, 0) is 4.79 Å². The van der Waals surface area contributed by atoms with Crippen LogP contribution >= 0.6 is 0 Å². The lowest BCUT2D eigenvalue weighted by molar-refractivity contribution is -0.143. The summed E-state index contributed by atoms with van der Waals surface area (Å²) in [5.74, 6) is -1.08. The molecule has 6 nitrogen and oxygen atoms in total. The Morgan fingerprint density at radius 1 is 1.40 bits per heavy atom. The van der Waals surface area contributed by atoms with Crippen LogP contribution in [0.15, 0.2) is 24.3 Å². The van der Waals surface area contributed by atoms with E-state index in [2.05, 4.69) is 5.32 Å². The number of nitrogens with one attached hydrogen (secondary N) is 1. The maximum Gasteiger partial charge on any atom is 0.329 e. The first-order valence-corrected chi connectivity index (χ1v) is 6.13. The van der Waals surface area contributed by atoms with Gasteiger partial charge in [0.2, 0.25) is 0 Å². The molecule has 0 aliphatic carbocycles. The number of benzene rings is 1. The van der Waals surface area contributed by atoms with Crippen molar-refractivity contribution in [3.63, 3.8) is 0 Å². The van der Waals surface area contributed by atoms with Gasteiger partial charge in [0, 0.05) is 12.7 Å². The molecule has 20 heavy (non-hydrogen) atoms. The number of urea groups is 1. The van der Waals surface area contributed by atoms with Crippen molar-refractivity contribution in [2.75, 3.05) is 11.9 Å². The molecular formula is C14H17N3O3. The Morgan fingerprint density at radius 3 is 2.35 bits per heavy atom. The fraction of sp³-hybridized carbons (Fsp3) is 0.357. The highest BCUT2D eigenvalue weighted by molar-refractivity contribution is 5.95. The van der Waals surface area contributed by atoms with E-state index in [4.69, 9.17) is 10.4 Å². The summed E-state index contributed by atoms with van der Waals surface area (Å²) in [7, 11) is 1.54. The molecule has 0 spiro atoms. The quantitative estimate of drug-likeness (QED) is 0.878. The summed E-state index contributed by atoms with van der Waals surface area (Å²) < 4.78 is 0. The average Bonchev–Trinajstić information content (AvgIpc) is 2.46. The van der Waals surface area contributed by atoms with Gasteiger partial charge in [0.15, 0.2) is 0 Å². The molecule has 0 heterocycles. The van der Waals surface area contributed by atoms with E-state index in [0.717, 1.165) is 0 Å². The molecule has 0 radical (unpaired) electrons. The fourth-order valence-corrected chi connectivity index (χ4v) is 1.49. The Bertz CT molecular complexity index is 548. The first-order chi connectivity index (χ1) is 9.34. The molecule has 2 amide bonds. The van der Waals surface area contributed by atoms with Crippen molar-refractivity contribution >= 4 is 17.7 Å². The summed E-state index contributed by atoms with van der Waals surface area (Å²) >= 11 is 0. The Balaban J connectivity index is 2.86. The van der Waals surface area contributed by atoms with Crippen LogP contribution in [0.25, 0.3) is 0 Å². The Kier molecular flexibility index (Phi) is 4.70. The number of carboxylic acids is 1. The highest BCUT2D eigenvalue weighted by atomic mass is 16.4. The molecule has 1 atom stereocenters. The first-order valence-electron chi connectivity index (χ1n) is 6.13. The Labute approximate surface area is 117 Å². The topological polar surface area (TPSA) is 93.4 Å². The van der Waals surface area contributed by atoms with Crippen LogP contribution in [0.3, 0.4) is 0 Å². The molecule has 0 aliphatic heterocycles. The molecule has 2 N–H and O–H groups in total. The van der Waals surface area contributed by atoms with E-state index in [1.165, 1.54) is 18.9 Å². The van der Waals surface area contributed by atoms with Gasteiger partial charge in [-0.15, -0.1) is 0 Å². The van der Waals surface area contributed by atoms with E-state index in [1.54, 1.807) is 31.2 Å². The van der Waals surface area contributed by atoms with Crippen LogP contribution in [0, 0.1) is 11.3 Å². The lowest BCUT2D eigenvalue weighted by atomic mass is 10.00. The van der Waals surface area contributed by atoms with Crippen LogP contribution in [0.2, 0.25) is 0 Å². The van der Waals surface area contributed by atoms with E-state index >= 15 is 0 Å². The standard InChI is InChI=1S/C14H17N3O3/c1-4-14(2,12(18)19)16-13(20)17(3)11-7-5-10(9-15)6-8-11/h5-8H,4H2,1-3H3,(H,16,20)(H,18,19). The summed E-state index contributed by atoms with van der Waals surface area (Å²) in [6, 6.07) is 7.91. The first kappa shape index (κ1) is 15.5. The lowest BCUT2D eigenvalue weighted by Crippen LogP contribution is -2.55. The van der Waals surface area contributed by atoms with Gasteiger partial charge in [-0.05, 0) is 37.6 Å². The van der Waals surface area contributed by atoms with Gasteiger partial charge in [0.1, 0.15) is 5.54 Å². The second-order valence-electron chi connectivity index (χ2n) is 4.64. The Morgan fingerprint density at radius 2 is 1.95 bits per heavy atom. The van der Waals surface area contributed by atoms with Gasteiger partial charge in [-0.2, -0.15) is 5.26 Å². The van der Waals surface area contributed by atoms with Crippen molar-refractivity contribution in [1.82, 2.24) is 5.32 Å². The van der Waals surface area contributed by atoms with Crippen LogP contribution in [-0.4, -0.2) is 29.7 Å². The van der Waals surface area contributed by atoms with E-state index < -0.39 is 17.5 Å². The third kappa shape index (κ3) is 3.26. The molecule has 0 saturated carbocycles. The maximum absolute atomic E-state index is 12.1. The van der Waals surface area contributed by atoms with Crippen molar-refractivity contribution in [2.45, 2.75) is 25.8 Å². The van der Waals surface area contributed by atoms with Crippen molar-refractivity contribution < 1.29 is 14.7 Å². The number of hydrogen-bond acceptors (Lipinski definition) is 3. The number of carbonyl (C=O) groups excluding carboxylic acids is 1. The molecule has 0 aliphatic rings. The minimum absolute atomic E-state index is 0.273. The monoisotopic (exact) mass is 275 g/mol. The van der Waals surface area contributed by atoms with Gasteiger partial charge < -0.3 is 10.4 Å². The molecule has 0 fully saturated rings. The number of nitriles is 1. The molecule has 1 aromatic rings. The predicted molar refractivity (Wildman–Crippen MR) is 74.4 cm³/mol. The van der Waals surface area contributed by atoms with Crippen molar-refractivity contribution in [3.05, 3.63) is 29.8 Å². The van der Waals surface area contributed by atoms with Crippen molar-refractivity contribution in [1.29, 1.82) is 5.26 Å². The number of amides is 2. The number of carboxylic acid groups (broad SMARTS) is 1. The zero-order valence-corrected chi connectivity index (χ0v) is 11.7. The zero-order chi connectivity index (χ0) is 15.3. The third-order valence-electron chi connectivity index (χ3n) is 3.25. The maximum atomic E-state index is 12.1. The van der Waals surface area contributed by atoms with Gasteiger partial charge >= 0.3 is 12.0 Å². The molecule has 106 valence electrons. The number of anilines is 1. The Hall–Kier alpha value is -2.55. The van der Waals surface area contributed by atoms with Crippen molar-refractivity contribution in [2.24, 2.45) is 0 Å².